The second-order valence-electron chi connectivity index (χ2n) is 11.2. The molecule has 3 atom stereocenters. The molecule has 204 valence electrons. The molecule has 0 saturated heterocycles. The first-order valence-electron chi connectivity index (χ1n) is 12.7. The summed E-state index contributed by atoms with van der Waals surface area (Å²) < 4.78 is 20.9. The summed E-state index contributed by atoms with van der Waals surface area (Å²) in [7, 11) is -1.93. The van der Waals surface area contributed by atoms with Crippen molar-refractivity contribution in [3.63, 3.8) is 0 Å². The van der Waals surface area contributed by atoms with E-state index in [4.69, 9.17) is 9.69 Å². The number of hydrogen-bond acceptors (Lipinski definition) is 6. The predicted octanol–water partition coefficient (Wildman–Crippen LogP) is 4.92. The van der Waals surface area contributed by atoms with Crippen LogP contribution in [0.25, 0.3) is 0 Å². The van der Waals surface area contributed by atoms with Gasteiger partial charge in [0.15, 0.2) is 8.32 Å². The van der Waals surface area contributed by atoms with Crippen molar-refractivity contribution in [1.29, 1.82) is 5.26 Å². The summed E-state index contributed by atoms with van der Waals surface area (Å²) in [5.41, 5.74) is 1.71. The molecule has 3 N–H and O–H groups in total. The van der Waals surface area contributed by atoms with Crippen molar-refractivity contribution in [2.75, 3.05) is 23.4 Å². The smallest absolute Gasteiger partial charge is 0.251 e. The van der Waals surface area contributed by atoms with Crippen LogP contribution in [-0.4, -0.2) is 44.6 Å². The van der Waals surface area contributed by atoms with Gasteiger partial charge in [0.25, 0.3) is 5.91 Å². The summed E-state index contributed by atoms with van der Waals surface area (Å²) in [5.74, 6) is -1.81. The van der Waals surface area contributed by atoms with Gasteiger partial charge in [0.2, 0.25) is 5.91 Å². The molecule has 0 radical (unpaired) electrons. The summed E-state index contributed by atoms with van der Waals surface area (Å²) in [6, 6.07) is 10.3. The summed E-state index contributed by atoms with van der Waals surface area (Å²) in [6.45, 7) is 14.6. The topological polar surface area (TPSA) is 115 Å². The summed E-state index contributed by atoms with van der Waals surface area (Å²) in [4.78, 5) is 26.7. The number of benzene rings is 2. The number of hydrogen-bond donors (Lipinski definition) is 3. The van der Waals surface area contributed by atoms with Gasteiger partial charge >= 0.3 is 0 Å². The van der Waals surface area contributed by atoms with Crippen molar-refractivity contribution >= 4 is 31.5 Å². The van der Waals surface area contributed by atoms with Gasteiger partial charge in [-0.3, -0.25) is 14.5 Å². The third kappa shape index (κ3) is 6.06. The van der Waals surface area contributed by atoms with E-state index in [-0.39, 0.29) is 28.1 Å². The summed E-state index contributed by atoms with van der Waals surface area (Å²) in [5, 5.41) is 26.1. The second kappa shape index (κ2) is 11.2. The number of aliphatic hydroxyl groups is 1. The molecule has 3 rings (SSSR count). The molecule has 1 aliphatic rings. The number of nitriles is 1. The van der Waals surface area contributed by atoms with E-state index >= 15 is 0 Å². The lowest BCUT2D eigenvalue weighted by molar-refractivity contribution is -0.119. The quantitative estimate of drug-likeness (QED) is 0.339. The first-order valence-corrected chi connectivity index (χ1v) is 15.6. The van der Waals surface area contributed by atoms with Gasteiger partial charge in [0, 0.05) is 24.9 Å². The standard InChI is InChI=1S/C28H37FN4O4Si/c1-17-25(32-23-10-8-19(16-30)14-22(23)29)21-15-20(9-11-24(21)33(18(2)34)27(17)36)26(35)31-12-13-37-38(6,7)28(3,4)5/h8-11,14-15,17,25,27,32,36H,12-13H2,1-7H3,(H,31,35). The monoisotopic (exact) mass is 540 g/mol. The fraction of sp³-hybridized carbons (Fsp3) is 0.464. The van der Waals surface area contributed by atoms with Crippen LogP contribution >= 0.6 is 0 Å². The van der Waals surface area contributed by atoms with Crippen molar-refractivity contribution < 1.29 is 23.5 Å². The zero-order valence-electron chi connectivity index (χ0n) is 23.1. The first kappa shape index (κ1) is 29.3. The Hall–Kier alpha value is -3.26. The highest BCUT2D eigenvalue weighted by molar-refractivity contribution is 6.74. The van der Waals surface area contributed by atoms with E-state index in [0.717, 1.165) is 6.07 Å². The van der Waals surface area contributed by atoms with Gasteiger partial charge in [-0.05, 0) is 60.1 Å². The molecule has 0 saturated carbocycles. The lowest BCUT2D eigenvalue weighted by Gasteiger charge is -2.43. The fourth-order valence-corrected chi connectivity index (χ4v) is 5.27. The molecule has 10 heteroatoms. The number of nitrogens with zero attached hydrogens (tertiary/aromatic N) is 2. The number of anilines is 2. The average molecular weight is 541 g/mol. The van der Waals surface area contributed by atoms with Crippen molar-refractivity contribution in [3.8, 4) is 6.07 Å². The first-order chi connectivity index (χ1) is 17.7. The SMILES string of the molecule is CC(=O)N1c2ccc(C(=O)NCCO[Si](C)(C)C(C)(C)C)cc2C(Nc2ccc(C#N)cc2F)C(C)C1O. The Morgan fingerprint density at radius 3 is 2.47 bits per heavy atom. The van der Waals surface area contributed by atoms with Crippen molar-refractivity contribution in [3.05, 3.63) is 58.9 Å². The molecule has 2 amide bonds. The summed E-state index contributed by atoms with van der Waals surface area (Å²) in [6.07, 6.45) is -1.16. The number of carbonyl (C=O) groups is 2. The highest BCUT2D eigenvalue weighted by atomic mass is 28.4. The zero-order chi connectivity index (χ0) is 28.4. The van der Waals surface area contributed by atoms with Crippen molar-refractivity contribution in [2.45, 2.75) is 65.0 Å². The van der Waals surface area contributed by atoms with Crippen LogP contribution in [-0.2, 0) is 9.22 Å². The molecule has 0 spiro atoms. The molecule has 2 aromatic rings. The van der Waals surface area contributed by atoms with Gasteiger partial charge in [0.05, 0.1) is 35.7 Å². The van der Waals surface area contributed by atoms with E-state index in [1.165, 1.54) is 24.0 Å². The van der Waals surface area contributed by atoms with E-state index in [1.54, 1.807) is 25.1 Å². The Bertz CT molecular complexity index is 1250. The molecule has 3 unspecified atom stereocenters. The minimum absolute atomic E-state index is 0.0652. The molecule has 0 aromatic heterocycles. The van der Waals surface area contributed by atoms with Gasteiger partial charge in [0.1, 0.15) is 12.0 Å². The molecule has 1 aliphatic heterocycles. The lowest BCUT2D eigenvalue weighted by atomic mass is 9.85. The third-order valence-electron chi connectivity index (χ3n) is 7.55. The molecule has 0 fully saturated rings. The average Bonchev–Trinajstić information content (AvgIpc) is 2.84. The minimum Gasteiger partial charge on any atom is -0.415 e. The Balaban J connectivity index is 1.87. The van der Waals surface area contributed by atoms with Crippen LogP contribution in [0.3, 0.4) is 0 Å². The van der Waals surface area contributed by atoms with Gasteiger partial charge in [-0.2, -0.15) is 5.26 Å². The number of amides is 2. The van der Waals surface area contributed by atoms with Crippen LogP contribution in [0, 0.1) is 23.1 Å². The van der Waals surface area contributed by atoms with E-state index < -0.39 is 32.3 Å². The van der Waals surface area contributed by atoms with Gasteiger partial charge in [-0.15, -0.1) is 0 Å². The number of nitrogens with one attached hydrogen (secondary N) is 2. The van der Waals surface area contributed by atoms with Gasteiger partial charge in [-0.25, -0.2) is 4.39 Å². The Morgan fingerprint density at radius 2 is 1.89 bits per heavy atom. The normalized spacial score (nSPS) is 19.4. The van der Waals surface area contributed by atoms with Crippen molar-refractivity contribution in [1.82, 2.24) is 5.32 Å². The van der Waals surface area contributed by atoms with Gasteiger partial charge in [-0.1, -0.05) is 27.7 Å². The number of halogens is 1. The molecule has 38 heavy (non-hydrogen) atoms. The van der Waals surface area contributed by atoms with E-state index in [2.05, 4.69) is 44.5 Å². The predicted molar refractivity (Wildman–Crippen MR) is 148 cm³/mol. The number of fused-ring (bicyclic) bond motifs is 1. The lowest BCUT2D eigenvalue weighted by Crippen LogP contribution is -2.50. The maximum Gasteiger partial charge on any atom is 0.251 e. The number of carbonyl (C=O) groups excluding carboxylic acids is 2. The Kier molecular flexibility index (Phi) is 8.66. The third-order valence-corrected chi connectivity index (χ3v) is 12.1. The van der Waals surface area contributed by atoms with E-state index in [1.807, 2.05) is 6.07 Å². The molecule has 8 nitrogen and oxygen atoms in total. The fourth-order valence-electron chi connectivity index (χ4n) is 4.22. The van der Waals surface area contributed by atoms with E-state index in [9.17, 15) is 19.1 Å². The van der Waals surface area contributed by atoms with Crippen LogP contribution < -0.4 is 15.5 Å². The Labute approximate surface area is 224 Å². The number of aliphatic hydroxyl groups excluding tert-OH is 1. The molecule has 0 aliphatic carbocycles. The van der Waals surface area contributed by atoms with Crippen LogP contribution in [0.4, 0.5) is 15.8 Å². The highest BCUT2D eigenvalue weighted by Crippen LogP contribution is 2.42. The Morgan fingerprint density at radius 1 is 1.21 bits per heavy atom. The molecule has 2 aromatic carbocycles. The van der Waals surface area contributed by atoms with Crippen LogP contribution in [0.15, 0.2) is 36.4 Å². The largest absolute Gasteiger partial charge is 0.415 e. The summed E-state index contributed by atoms with van der Waals surface area (Å²) >= 11 is 0. The van der Waals surface area contributed by atoms with E-state index in [0.29, 0.717) is 30.0 Å². The van der Waals surface area contributed by atoms with Crippen LogP contribution in [0.1, 0.15) is 62.1 Å². The van der Waals surface area contributed by atoms with Gasteiger partial charge < -0.3 is 20.2 Å². The molecule has 1 heterocycles. The van der Waals surface area contributed by atoms with Crippen LogP contribution in [0.5, 0.6) is 0 Å². The zero-order valence-corrected chi connectivity index (χ0v) is 24.1. The molecule has 0 bridgehead atoms. The minimum atomic E-state index is -1.93. The van der Waals surface area contributed by atoms with Crippen molar-refractivity contribution in [2.24, 2.45) is 5.92 Å². The second-order valence-corrected chi connectivity index (χ2v) is 16.0. The molecular formula is C28H37FN4O4Si. The maximum absolute atomic E-state index is 14.7. The number of rotatable bonds is 7. The molecular weight excluding hydrogens is 503 g/mol. The van der Waals surface area contributed by atoms with Crippen LogP contribution in [0.2, 0.25) is 18.1 Å². The maximum atomic E-state index is 14.7. The highest BCUT2D eigenvalue weighted by Gasteiger charge is 2.40.